The van der Waals surface area contributed by atoms with Crippen molar-refractivity contribution in [2.24, 2.45) is 0 Å². The smallest absolute Gasteiger partial charge is 0.322 e. The van der Waals surface area contributed by atoms with Crippen LogP contribution in [0.2, 0.25) is 0 Å². The molecule has 0 rings (SSSR count). The second-order valence-corrected chi connectivity index (χ2v) is 6.22. The molecular formula is C8H15ClF3O2P. The minimum Gasteiger partial charge on any atom is -0.322 e. The van der Waals surface area contributed by atoms with Crippen molar-refractivity contribution >= 4 is 19.0 Å². The molecule has 0 radical (unpaired) electrons. The Morgan fingerprint density at radius 1 is 1.27 bits per heavy atom. The lowest BCUT2D eigenvalue weighted by molar-refractivity contribution is -0.0582. The van der Waals surface area contributed by atoms with Gasteiger partial charge in [0.15, 0.2) is 0 Å². The zero-order chi connectivity index (χ0) is 11.9. The summed E-state index contributed by atoms with van der Waals surface area (Å²) in [6.45, 7) is 1.84. The van der Waals surface area contributed by atoms with Crippen LogP contribution in [0.15, 0.2) is 0 Å². The molecule has 0 aromatic carbocycles. The van der Waals surface area contributed by atoms with Crippen molar-refractivity contribution in [3.05, 3.63) is 0 Å². The molecule has 1 unspecified atom stereocenters. The third kappa shape index (κ3) is 5.23. The molecule has 0 fully saturated rings. The molecule has 0 spiro atoms. The van der Waals surface area contributed by atoms with E-state index in [4.69, 9.17) is 11.6 Å². The highest BCUT2D eigenvalue weighted by atomic mass is 35.5. The normalized spacial score (nSPS) is 16.3. The number of rotatable bonds is 7. The fourth-order valence-electron chi connectivity index (χ4n) is 0.916. The van der Waals surface area contributed by atoms with E-state index in [2.05, 4.69) is 4.52 Å². The van der Waals surface area contributed by atoms with Gasteiger partial charge in [-0.1, -0.05) is 26.2 Å². The fraction of sp³-hybridized carbons (Fsp3) is 1.00. The Kier molecular flexibility index (Phi) is 6.89. The maximum absolute atomic E-state index is 12.2. The van der Waals surface area contributed by atoms with E-state index in [9.17, 15) is 17.7 Å². The van der Waals surface area contributed by atoms with Crippen LogP contribution in [0.5, 0.6) is 0 Å². The summed E-state index contributed by atoms with van der Waals surface area (Å²) in [7, 11) is -4.67. The molecule has 0 aromatic heterocycles. The van der Waals surface area contributed by atoms with Gasteiger partial charge in [0, 0.05) is 0 Å². The van der Waals surface area contributed by atoms with E-state index in [1.54, 1.807) is 0 Å². The first-order valence-electron chi connectivity index (χ1n) is 4.73. The van der Waals surface area contributed by atoms with E-state index in [-0.39, 0.29) is 6.61 Å². The second-order valence-electron chi connectivity index (χ2n) is 3.15. The molecule has 2 nitrogen and oxygen atoms in total. The molecule has 0 saturated heterocycles. The first kappa shape index (κ1) is 15.3. The van der Waals surface area contributed by atoms with Crippen molar-refractivity contribution in [1.82, 2.24) is 0 Å². The first-order chi connectivity index (χ1) is 6.87. The van der Waals surface area contributed by atoms with Crippen LogP contribution in [-0.2, 0) is 9.09 Å². The second kappa shape index (κ2) is 6.77. The van der Waals surface area contributed by atoms with Crippen molar-refractivity contribution in [3.8, 4) is 0 Å². The molecule has 0 heterocycles. The summed E-state index contributed by atoms with van der Waals surface area (Å²) < 4.78 is 52.2. The fourth-order valence-corrected chi connectivity index (χ4v) is 2.30. The molecular weight excluding hydrogens is 252 g/mol. The standard InChI is InChI=1S/C8H15ClF3O2P/c1-2-3-4-5-6-14-15(13,7-9)8(10,11)12/h2-7H2,1H3. The Bertz CT molecular complexity index is 220. The lowest BCUT2D eigenvalue weighted by Gasteiger charge is -2.18. The van der Waals surface area contributed by atoms with Gasteiger partial charge in [-0.2, -0.15) is 13.2 Å². The predicted molar refractivity (Wildman–Crippen MR) is 54.5 cm³/mol. The van der Waals surface area contributed by atoms with Gasteiger partial charge in [0.05, 0.1) is 6.61 Å². The molecule has 0 saturated carbocycles. The number of unbranched alkanes of at least 4 members (excludes halogenated alkanes) is 3. The van der Waals surface area contributed by atoms with Crippen LogP contribution in [0.1, 0.15) is 32.6 Å². The van der Waals surface area contributed by atoms with Crippen LogP contribution < -0.4 is 0 Å². The summed E-state index contributed by atoms with van der Waals surface area (Å²) in [6, 6.07) is 0. The number of alkyl halides is 4. The van der Waals surface area contributed by atoms with E-state index >= 15 is 0 Å². The highest BCUT2D eigenvalue weighted by molar-refractivity contribution is 7.61. The van der Waals surface area contributed by atoms with Gasteiger partial charge < -0.3 is 4.52 Å². The van der Waals surface area contributed by atoms with E-state index in [0.717, 1.165) is 19.3 Å². The molecule has 92 valence electrons. The quantitative estimate of drug-likeness (QED) is 0.383. The highest BCUT2D eigenvalue weighted by Crippen LogP contribution is 2.62. The van der Waals surface area contributed by atoms with Crippen LogP contribution in [0.4, 0.5) is 13.2 Å². The maximum Gasteiger partial charge on any atom is 0.466 e. The average Bonchev–Trinajstić information content (AvgIpc) is 2.15. The van der Waals surface area contributed by atoms with Gasteiger partial charge in [0.25, 0.3) is 0 Å². The van der Waals surface area contributed by atoms with Crippen molar-refractivity contribution < 1.29 is 22.3 Å². The van der Waals surface area contributed by atoms with Gasteiger partial charge >= 0.3 is 13.3 Å². The summed E-state index contributed by atoms with van der Waals surface area (Å²) in [4.78, 5) is 0. The third-order valence-electron chi connectivity index (χ3n) is 1.84. The molecule has 0 aliphatic carbocycles. The zero-order valence-corrected chi connectivity index (χ0v) is 10.2. The molecule has 15 heavy (non-hydrogen) atoms. The highest BCUT2D eigenvalue weighted by Gasteiger charge is 2.51. The summed E-state index contributed by atoms with van der Waals surface area (Å²) in [5, 5.41) is 0. The number of halogens is 4. The van der Waals surface area contributed by atoms with Crippen LogP contribution in [0.25, 0.3) is 0 Å². The molecule has 0 aromatic rings. The van der Waals surface area contributed by atoms with Gasteiger partial charge in [-0.15, -0.1) is 11.6 Å². The van der Waals surface area contributed by atoms with Crippen molar-refractivity contribution in [3.63, 3.8) is 0 Å². The molecule has 1 atom stereocenters. The van der Waals surface area contributed by atoms with E-state index in [0.29, 0.717) is 6.42 Å². The lowest BCUT2D eigenvalue weighted by Crippen LogP contribution is -2.13. The minimum absolute atomic E-state index is 0.149. The van der Waals surface area contributed by atoms with E-state index < -0.39 is 18.9 Å². The largest absolute Gasteiger partial charge is 0.466 e. The van der Waals surface area contributed by atoms with Gasteiger partial charge in [-0.25, -0.2) is 0 Å². The van der Waals surface area contributed by atoms with E-state index in [1.165, 1.54) is 0 Å². The van der Waals surface area contributed by atoms with Gasteiger partial charge in [0.2, 0.25) is 0 Å². The number of hydrogen-bond acceptors (Lipinski definition) is 2. The molecule has 0 aliphatic rings. The van der Waals surface area contributed by atoms with Crippen molar-refractivity contribution in [2.45, 2.75) is 38.5 Å². The third-order valence-corrected chi connectivity index (χ3v) is 4.47. The van der Waals surface area contributed by atoms with Gasteiger partial charge in [0.1, 0.15) is 5.62 Å². The monoisotopic (exact) mass is 266 g/mol. The maximum atomic E-state index is 12.2. The summed E-state index contributed by atoms with van der Waals surface area (Å²) >= 11 is 5.03. The Morgan fingerprint density at radius 3 is 2.27 bits per heavy atom. The molecule has 0 bridgehead atoms. The lowest BCUT2D eigenvalue weighted by atomic mass is 10.2. The van der Waals surface area contributed by atoms with Gasteiger partial charge in [-0.3, -0.25) is 4.57 Å². The van der Waals surface area contributed by atoms with Crippen LogP contribution >= 0.6 is 19.0 Å². The van der Waals surface area contributed by atoms with Crippen LogP contribution in [0.3, 0.4) is 0 Å². The molecule has 0 N–H and O–H groups in total. The first-order valence-corrected chi connectivity index (χ1v) is 7.08. The van der Waals surface area contributed by atoms with E-state index in [1.807, 2.05) is 6.92 Å². The Labute approximate surface area is 92.6 Å². The Balaban J connectivity index is 3.96. The Morgan fingerprint density at radius 2 is 1.87 bits per heavy atom. The SMILES string of the molecule is CCCCCCOP(=O)(CCl)C(F)(F)F. The minimum atomic E-state index is -4.85. The number of hydrogen-bond donors (Lipinski definition) is 0. The summed E-state index contributed by atoms with van der Waals surface area (Å²) in [5.41, 5.74) is -1.01. The molecule has 0 aliphatic heterocycles. The molecule has 0 amide bonds. The van der Waals surface area contributed by atoms with Gasteiger partial charge in [-0.05, 0) is 6.42 Å². The van der Waals surface area contributed by atoms with Crippen molar-refractivity contribution in [2.75, 3.05) is 12.2 Å². The topological polar surface area (TPSA) is 26.3 Å². The van der Waals surface area contributed by atoms with Crippen LogP contribution in [-0.4, -0.2) is 18.1 Å². The Hall–Kier alpha value is 0.270. The summed E-state index contributed by atoms with van der Waals surface area (Å²) in [5.74, 6) is -4.85. The van der Waals surface area contributed by atoms with Crippen molar-refractivity contribution in [1.29, 1.82) is 0 Å². The zero-order valence-electron chi connectivity index (χ0n) is 8.52. The van der Waals surface area contributed by atoms with Crippen LogP contribution in [0, 0.1) is 0 Å². The molecule has 7 heteroatoms. The summed E-state index contributed by atoms with van der Waals surface area (Å²) in [6.07, 6.45) is 3.16. The predicted octanol–water partition coefficient (Wildman–Crippen LogP) is 4.58. The average molecular weight is 267 g/mol.